The number of carbonyl (C=O) groups is 2. The van der Waals surface area contributed by atoms with Gasteiger partial charge in [-0.3, -0.25) is 18.6 Å². The Morgan fingerprint density at radius 3 is 1.24 bits per heavy atom. The molecule has 11 heteroatoms. The molecule has 0 aliphatic rings. The number of rotatable bonds is 46. The summed E-state index contributed by atoms with van der Waals surface area (Å²) in [6.45, 7) is 2.42. The minimum Gasteiger partial charge on any atom is -0.462 e. The molecule has 344 valence electrons. The second-order valence-corrected chi connectivity index (χ2v) is 17.9. The Morgan fingerprint density at radius 2 is 0.845 bits per heavy atom. The molecule has 1 unspecified atom stereocenters. The monoisotopic (exact) mass is 847 g/mol. The minimum absolute atomic E-state index is 0.190. The number of ether oxygens (including phenoxy) is 2. The van der Waals surface area contributed by atoms with Gasteiger partial charge >= 0.3 is 19.8 Å². The zero-order valence-electron chi connectivity index (χ0n) is 37.5. The largest absolute Gasteiger partial charge is 0.472 e. The third-order valence-electron chi connectivity index (χ3n) is 10.7. The van der Waals surface area contributed by atoms with E-state index in [4.69, 9.17) is 23.6 Å². The summed E-state index contributed by atoms with van der Waals surface area (Å²) < 4.78 is 32.8. The normalized spacial score (nSPS) is 13.8. The van der Waals surface area contributed by atoms with Gasteiger partial charge in [0.15, 0.2) is 6.10 Å². The maximum absolute atomic E-state index is 12.6. The Balaban J connectivity index is 4.20. The van der Waals surface area contributed by atoms with Gasteiger partial charge in [-0.05, 0) is 38.5 Å². The SMILES string of the molecule is CCCCCCCC/C=C\CCCCCCCCCC(=O)OC[C@H](COP(=O)(O)OC[C@@H](O)CO)OC(=O)CCCCCCCCCCCCCCCCCCCC. The average molecular weight is 847 g/mol. The van der Waals surface area contributed by atoms with E-state index >= 15 is 0 Å². The summed E-state index contributed by atoms with van der Waals surface area (Å²) in [4.78, 5) is 35.1. The van der Waals surface area contributed by atoms with Crippen LogP contribution < -0.4 is 0 Å². The van der Waals surface area contributed by atoms with Gasteiger partial charge < -0.3 is 24.6 Å². The summed E-state index contributed by atoms with van der Waals surface area (Å²) in [7, 11) is -4.62. The predicted molar refractivity (Wildman–Crippen MR) is 238 cm³/mol. The lowest BCUT2D eigenvalue weighted by atomic mass is 10.0. The van der Waals surface area contributed by atoms with E-state index < -0.39 is 51.8 Å². The fraction of sp³-hybridized carbons (Fsp3) is 0.915. The lowest BCUT2D eigenvalue weighted by molar-refractivity contribution is -0.161. The van der Waals surface area contributed by atoms with Crippen LogP contribution in [0.25, 0.3) is 0 Å². The number of esters is 2. The van der Waals surface area contributed by atoms with E-state index in [9.17, 15) is 24.2 Å². The van der Waals surface area contributed by atoms with Crippen molar-refractivity contribution in [1.82, 2.24) is 0 Å². The highest BCUT2D eigenvalue weighted by Gasteiger charge is 2.27. The Kier molecular flexibility index (Phi) is 42.8. The Labute approximate surface area is 356 Å². The van der Waals surface area contributed by atoms with E-state index in [1.807, 2.05) is 0 Å². The molecule has 3 atom stereocenters. The molecule has 0 bridgehead atoms. The van der Waals surface area contributed by atoms with Crippen LogP contribution in [0.2, 0.25) is 0 Å². The van der Waals surface area contributed by atoms with Crippen molar-refractivity contribution >= 4 is 19.8 Å². The number of allylic oxidation sites excluding steroid dienone is 2. The van der Waals surface area contributed by atoms with E-state index in [-0.39, 0.29) is 19.4 Å². The van der Waals surface area contributed by atoms with Crippen LogP contribution in [-0.2, 0) is 32.7 Å². The highest BCUT2D eigenvalue weighted by atomic mass is 31.2. The second-order valence-electron chi connectivity index (χ2n) is 16.5. The van der Waals surface area contributed by atoms with Gasteiger partial charge in [-0.1, -0.05) is 199 Å². The third kappa shape index (κ3) is 42.8. The number of carbonyl (C=O) groups excluding carboxylic acids is 2. The molecule has 58 heavy (non-hydrogen) atoms. The van der Waals surface area contributed by atoms with Crippen LogP contribution in [0.4, 0.5) is 0 Å². The number of hydrogen-bond acceptors (Lipinski definition) is 9. The molecule has 10 nitrogen and oxygen atoms in total. The molecule has 0 aromatic carbocycles. The summed E-state index contributed by atoms with van der Waals surface area (Å²) in [5, 5.41) is 18.4. The van der Waals surface area contributed by atoms with Gasteiger partial charge in [0, 0.05) is 12.8 Å². The molecule has 0 radical (unpaired) electrons. The van der Waals surface area contributed by atoms with Gasteiger partial charge in [0.05, 0.1) is 19.8 Å². The molecule has 0 saturated heterocycles. The number of aliphatic hydroxyl groups is 2. The van der Waals surface area contributed by atoms with Crippen molar-refractivity contribution in [3.63, 3.8) is 0 Å². The second kappa shape index (κ2) is 43.8. The van der Waals surface area contributed by atoms with Crippen molar-refractivity contribution in [2.75, 3.05) is 26.4 Å². The first kappa shape index (κ1) is 56.7. The van der Waals surface area contributed by atoms with E-state index in [1.165, 1.54) is 154 Å². The van der Waals surface area contributed by atoms with Crippen molar-refractivity contribution in [1.29, 1.82) is 0 Å². The highest BCUT2D eigenvalue weighted by molar-refractivity contribution is 7.47. The quantitative estimate of drug-likeness (QED) is 0.0234. The van der Waals surface area contributed by atoms with Crippen LogP contribution in [0, 0.1) is 0 Å². The number of aliphatic hydroxyl groups excluding tert-OH is 2. The van der Waals surface area contributed by atoms with Gasteiger partial charge in [-0.25, -0.2) is 4.57 Å². The maximum atomic E-state index is 12.6. The topological polar surface area (TPSA) is 149 Å². The fourth-order valence-corrected chi connectivity index (χ4v) is 7.72. The molecule has 0 amide bonds. The molecule has 0 aromatic rings. The van der Waals surface area contributed by atoms with E-state index in [0.29, 0.717) is 12.8 Å². The maximum Gasteiger partial charge on any atom is 0.472 e. The molecule has 0 rings (SSSR count). The van der Waals surface area contributed by atoms with E-state index in [0.717, 1.165) is 44.9 Å². The molecule has 0 aliphatic heterocycles. The molecule has 3 N–H and O–H groups in total. The summed E-state index contributed by atoms with van der Waals surface area (Å²) in [6, 6.07) is 0. The third-order valence-corrected chi connectivity index (χ3v) is 11.6. The van der Waals surface area contributed by atoms with Crippen LogP contribution in [0.15, 0.2) is 12.2 Å². The van der Waals surface area contributed by atoms with Gasteiger partial charge in [0.25, 0.3) is 0 Å². The number of phosphoric ester groups is 1. The molecule has 0 heterocycles. The zero-order valence-corrected chi connectivity index (χ0v) is 38.4. The lowest BCUT2D eigenvalue weighted by Crippen LogP contribution is -2.29. The molecular weight excluding hydrogens is 755 g/mol. The molecule has 0 aromatic heterocycles. The van der Waals surface area contributed by atoms with Gasteiger partial charge in [0.1, 0.15) is 12.7 Å². The molecule has 0 saturated carbocycles. The first-order chi connectivity index (χ1) is 28.2. The van der Waals surface area contributed by atoms with Gasteiger partial charge in [0.2, 0.25) is 0 Å². The summed E-state index contributed by atoms with van der Waals surface area (Å²) >= 11 is 0. The van der Waals surface area contributed by atoms with Gasteiger partial charge in [-0.15, -0.1) is 0 Å². The lowest BCUT2D eigenvalue weighted by Gasteiger charge is -2.20. The first-order valence-electron chi connectivity index (χ1n) is 24.1. The minimum atomic E-state index is -4.62. The van der Waals surface area contributed by atoms with Crippen LogP contribution >= 0.6 is 7.82 Å². The molecule has 0 aliphatic carbocycles. The Morgan fingerprint density at radius 1 is 0.500 bits per heavy atom. The number of phosphoric acid groups is 1. The Hall–Kier alpha value is -1.29. The molecule has 0 spiro atoms. The van der Waals surface area contributed by atoms with E-state index in [2.05, 4.69) is 26.0 Å². The number of hydrogen-bond donors (Lipinski definition) is 3. The van der Waals surface area contributed by atoms with E-state index in [1.54, 1.807) is 0 Å². The standard InChI is InChI=1S/C47H91O10P/c1-3-5-7-9-11-13-15-17-19-21-23-25-27-29-31-33-35-37-39-47(51)57-45(43-56-58(52,53)55-41-44(49)40-48)42-54-46(50)38-36-34-32-30-28-26-24-22-20-18-16-14-12-10-8-6-4-2/h18,20,44-45,48-49H,3-17,19,21-43H2,1-2H3,(H,52,53)/b20-18-/t44-,45+/m0/s1. The van der Waals surface area contributed by atoms with Crippen molar-refractivity contribution < 1.29 is 47.8 Å². The van der Waals surface area contributed by atoms with Crippen molar-refractivity contribution in [3.05, 3.63) is 12.2 Å². The van der Waals surface area contributed by atoms with Crippen molar-refractivity contribution in [2.24, 2.45) is 0 Å². The van der Waals surface area contributed by atoms with Crippen molar-refractivity contribution in [3.8, 4) is 0 Å². The average Bonchev–Trinajstić information content (AvgIpc) is 3.21. The Bertz CT molecular complexity index is 977. The smallest absolute Gasteiger partial charge is 0.462 e. The first-order valence-corrected chi connectivity index (χ1v) is 25.6. The van der Waals surface area contributed by atoms with Crippen LogP contribution in [0.5, 0.6) is 0 Å². The highest BCUT2D eigenvalue weighted by Crippen LogP contribution is 2.43. The van der Waals surface area contributed by atoms with Crippen LogP contribution in [0.1, 0.15) is 239 Å². The summed E-state index contributed by atoms with van der Waals surface area (Å²) in [5.41, 5.74) is 0. The summed E-state index contributed by atoms with van der Waals surface area (Å²) in [5.74, 6) is -0.915. The van der Waals surface area contributed by atoms with Crippen molar-refractivity contribution in [2.45, 2.75) is 251 Å². The van der Waals surface area contributed by atoms with Crippen LogP contribution in [0.3, 0.4) is 0 Å². The van der Waals surface area contributed by atoms with Gasteiger partial charge in [-0.2, -0.15) is 0 Å². The molecular formula is C47H91O10P. The predicted octanol–water partition coefficient (Wildman–Crippen LogP) is 13.2. The fourth-order valence-electron chi connectivity index (χ4n) is 6.93. The number of unbranched alkanes of at least 4 members (excludes halogenated alkanes) is 30. The van der Waals surface area contributed by atoms with Crippen LogP contribution in [-0.4, -0.2) is 65.7 Å². The molecule has 0 fully saturated rings. The summed E-state index contributed by atoms with van der Waals surface area (Å²) in [6.07, 6.45) is 43.1. The zero-order chi connectivity index (χ0) is 42.6.